The molecule has 0 aliphatic heterocycles. The molecule has 0 aliphatic carbocycles. The Labute approximate surface area is 203 Å². The van der Waals surface area contributed by atoms with Crippen LogP contribution in [0.5, 0.6) is 5.75 Å². The Hall–Kier alpha value is -2.54. The molecule has 0 bridgehead atoms. The molecule has 2 aromatic rings. The van der Waals surface area contributed by atoms with Crippen molar-refractivity contribution in [1.29, 1.82) is 0 Å². The monoisotopic (exact) mass is 547 g/mol. The molecule has 2 atom stereocenters. The zero-order valence-electron chi connectivity index (χ0n) is 18.9. The van der Waals surface area contributed by atoms with Crippen molar-refractivity contribution in [2.75, 3.05) is 0 Å². The molecule has 0 heterocycles. The number of nitrogens with two attached hydrogens (primary N) is 1. The van der Waals surface area contributed by atoms with E-state index in [4.69, 9.17) is 5.14 Å². The van der Waals surface area contributed by atoms with Crippen molar-refractivity contribution in [3.8, 4) is 5.75 Å². The van der Waals surface area contributed by atoms with Crippen LogP contribution in [0.4, 0.5) is 39.5 Å². The molecule has 0 aliphatic rings. The SMILES string of the molecule is C=CC[C@](CC(C)(C)S(N)=O)(c1cc(F)cc(OC(F)(F)C(F)F)c1)c1ccc(F)c(C(F)(F)F)c1. The molecule has 2 rings (SSSR count). The molecule has 13 heteroatoms. The third-order valence-electron chi connectivity index (χ3n) is 5.52. The van der Waals surface area contributed by atoms with E-state index >= 15 is 0 Å². The maximum Gasteiger partial charge on any atom is 0.461 e. The summed E-state index contributed by atoms with van der Waals surface area (Å²) in [5.74, 6) is -3.90. The summed E-state index contributed by atoms with van der Waals surface area (Å²) in [5, 5.41) is 5.55. The topological polar surface area (TPSA) is 52.3 Å². The highest BCUT2D eigenvalue weighted by Crippen LogP contribution is 2.47. The van der Waals surface area contributed by atoms with Gasteiger partial charge in [-0.05, 0) is 62.1 Å². The van der Waals surface area contributed by atoms with E-state index in [2.05, 4.69) is 11.3 Å². The maximum atomic E-state index is 14.6. The predicted molar refractivity (Wildman–Crippen MR) is 116 cm³/mol. The van der Waals surface area contributed by atoms with Crippen LogP contribution in [0.2, 0.25) is 0 Å². The van der Waals surface area contributed by atoms with Gasteiger partial charge in [0.25, 0.3) is 0 Å². The highest BCUT2D eigenvalue weighted by atomic mass is 32.2. The summed E-state index contributed by atoms with van der Waals surface area (Å²) in [4.78, 5) is 0. The lowest BCUT2D eigenvalue weighted by atomic mass is 9.67. The number of halogens is 9. The minimum atomic E-state index is -5.14. The highest BCUT2D eigenvalue weighted by molar-refractivity contribution is 7.84. The van der Waals surface area contributed by atoms with Crippen molar-refractivity contribution in [2.24, 2.45) is 5.14 Å². The van der Waals surface area contributed by atoms with E-state index in [1.807, 2.05) is 0 Å². The molecule has 2 aromatic carbocycles. The molecule has 3 nitrogen and oxygen atoms in total. The van der Waals surface area contributed by atoms with Crippen molar-refractivity contribution in [3.05, 3.63) is 77.4 Å². The molecule has 36 heavy (non-hydrogen) atoms. The fourth-order valence-electron chi connectivity index (χ4n) is 3.86. The van der Waals surface area contributed by atoms with E-state index in [9.17, 15) is 43.7 Å². The maximum absolute atomic E-state index is 14.6. The van der Waals surface area contributed by atoms with Crippen molar-refractivity contribution < 1.29 is 48.5 Å². The van der Waals surface area contributed by atoms with Crippen LogP contribution in [0.15, 0.2) is 49.1 Å². The fraction of sp³-hybridized carbons (Fsp3) is 0.391. The zero-order chi connectivity index (χ0) is 27.7. The molecule has 0 spiro atoms. The lowest BCUT2D eigenvalue weighted by Crippen LogP contribution is -2.42. The van der Waals surface area contributed by atoms with E-state index in [-0.39, 0.29) is 24.0 Å². The molecule has 1 unspecified atom stereocenters. The second-order valence-corrected chi connectivity index (χ2v) is 10.3. The van der Waals surface area contributed by atoms with Crippen LogP contribution >= 0.6 is 0 Å². The Balaban J connectivity index is 2.91. The average molecular weight is 547 g/mol. The van der Waals surface area contributed by atoms with E-state index in [0.717, 1.165) is 18.2 Å². The Morgan fingerprint density at radius 3 is 2.14 bits per heavy atom. The van der Waals surface area contributed by atoms with Gasteiger partial charge >= 0.3 is 18.7 Å². The molecule has 200 valence electrons. The summed E-state index contributed by atoms with van der Waals surface area (Å²) in [7, 11) is -2.11. The first-order chi connectivity index (χ1) is 16.4. The number of allylic oxidation sites excluding steroid dienone is 1. The van der Waals surface area contributed by atoms with Gasteiger partial charge in [0.05, 0.1) is 21.3 Å². The molecular formula is C23H22F9NO2S. The van der Waals surface area contributed by atoms with E-state index in [1.54, 1.807) is 0 Å². The Bertz CT molecular complexity index is 1140. The average Bonchev–Trinajstić information content (AvgIpc) is 2.71. The smallest absolute Gasteiger partial charge is 0.428 e. The van der Waals surface area contributed by atoms with Crippen LogP contribution < -0.4 is 9.88 Å². The summed E-state index contributed by atoms with van der Waals surface area (Å²) in [6, 6.07) is 3.83. The number of rotatable bonds is 10. The number of benzene rings is 2. The van der Waals surface area contributed by atoms with Gasteiger partial charge in [0.15, 0.2) is 0 Å². The first kappa shape index (κ1) is 29.7. The second-order valence-electron chi connectivity index (χ2n) is 8.64. The van der Waals surface area contributed by atoms with E-state index in [0.29, 0.717) is 18.2 Å². The van der Waals surface area contributed by atoms with Crippen LogP contribution in [0.3, 0.4) is 0 Å². The predicted octanol–water partition coefficient (Wildman–Crippen LogP) is 6.87. The van der Waals surface area contributed by atoms with Crippen molar-refractivity contribution >= 4 is 11.0 Å². The van der Waals surface area contributed by atoms with Gasteiger partial charge in [-0.1, -0.05) is 12.1 Å². The lowest BCUT2D eigenvalue weighted by Gasteiger charge is -2.40. The van der Waals surface area contributed by atoms with Crippen LogP contribution in [0, 0.1) is 11.6 Å². The third kappa shape index (κ3) is 6.41. The van der Waals surface area contributed by atoms with Gasteiger partial charge in [0, 0.05) is 11.5 Å². The molecule has 2 N–H and O–H groups in total. The molecule has 0 aromatic heterocycles. The Morgan fingerprint density at radius 1 is 1.03 bits per heavy atom. The van der Waals surface area contributed by atoms with Gasteiger partial charge in [0.2, 0.25) is 0 Å². The Morgan fingerprint density at radius 2 is 1.64 bits per heavy atom. The molecular weight excluding hydrogens is 525 g/mol. The zero-order valence-corrected chi connectivity index (χ0v) is 19.8. The van der Waals surface area contributed by atoms with Crippen molar-refractivity contribution in [1.82, 2.24) is 0 Å². The number of alkyl halides is 7. The summed E-state index contributed by atoms with van der Waals surface area (Å²) < 4.78 is 136. The van der Waals surface area contributed by atoms with Crippen LogP contribution in [-0.4, -0.2) is 21.5 Å². The van der Waals surface area contributed by atoms with Crippen LogP contribution in [0.25, 0.3) is 0 Å². The van der Waals surface area contributed by atoms with Gasteiger partial charge in [-0.15, -0.1) is 6.58 Å². The summed E-state index contributed by atoms with van der Waals surface area (Å²) >= 11 is 0. The third-order valence-corrected chi connectivity index (χ3v) is 6.75. The first-order valence-electron chi connectivity index (χ1n) is 10.2. The van der Waals surface area contributed by atoms with E-state index < -0.39 is 62.8 Å². The minimum Gasteiger partial charge on any atom is -0.428 e. The number of hydrogen-bond acceptors (Lipinski definition) is 2. The quantitative estimate of drug-likeness (QED) is 0.261. The van der Waals surface area contributed by atoms with Crippen molar-refractivity contribution in [2.45, 2.75) is 55.6 Å². The molecule has 0 radical (unpaired) electrons. The molecule has 0 saturated heterocycles. The summed E-state index contributed by atoms with van der Waals surface area (Å²) in [5.41, 5.74) is -4.06. The molecule has 0 saturated carbocycles. The van der Waals surface area contributed by atoms with Gasteiger partial charge in [0.1, 0.15) is 17.4 Å². The van der Waals surface area contributed by atoms with Gasteiger partial charge in [-0.3, -0.25) is 5.14 Å². The van der Waals surface area contributed by atoms with Crippen molar-refractivity contribution in [3.63, 3.8) is 0 Å². The number of ether oxygens (including phenoxy) is 1. The second kappa shape index (κ2) is 10.4. The normalized spacial score (nSPS) is 15.5. The highest BCUT2D eigenvalue weighted by Gasteiger charge is 2.46. The van der Waals surface area contributed by atoms with Gasteiger partial charge in [-0.2, -0.15) is 30.7 Å². The van der Waals surface area contributed by atoms with E-state index in [1.165, 1.54) is 19.9 Å². The standard InChI is InChI=1S/C23H22F9NO2S/c1-4-7-21(12-20(2,3)36(33)34,13-5-6-18(25)17(10-13)22(28,29)30)14-8-15(24)11-16(9-14)35-23(31,32)19(26)27/h4-6,8-11,19H,1,7,12,33H2,2-3H3/t21-,36?/m1/s1. The molecule has 0 amide bonds. The molecule has 0 fully saturated rings. The first-order valence-corrected chi connectivity index (χ1v) is 11.4. The van der Waals surface area contributed by atoms with Crippen LogP contribution in [-0.2, 0) is 22.6 Å². The van der Waals surface area contributed by atoms with Crippen LogP contribution in [0.1, 0.15) is 43.4 Å². The minimum absolute atomic E-state index is 0.271. The largest absolute Gasteiger partial charge is 0.461 e. The summed E-state index contributed by atoms with van der Waals surface area (Å²) in [6.45, 7) is 6.31. The fourth-order valence-corrected chi connectivity index (χ4v) is 4.25. The number of hydrogen-bond donors (Lipinski definition) is 1. The Kier molecular flexibility index (Phi) is 8.61. The summed E-state index contributed by atoms with van der Waals surface area (Å²) in [6.07, 6.45) is -13.9. The van der Waals surface area contributed by atoms with Gasteiger partial charge < -0.3 is 4.74 Å². The lowest BCUT2D eigenvalue weighted by molar-refractivity contribution is -0.253. The van der Waals surface area contributed by atoms with Gasteiger partial charge in [-0.25, -0.2) is 13.0 Å².